The van der Waals surface area contributed by atoms with Gasteiger partial charge in [0.1, 0.15) is 0 Å². The third kappa shape index (κ3) is 3.57. The highest BCUT2D eigenvalue weighted by Crippen LogP contribution is 2.28. The van der Waals surface area contributed by atoms with E-state index in [4.69, 9.17) is 4.74 Å². The summed E-state index contributed by atoms with van der Waals surface area (Å²) in [5, 5.41) is 3.21. The Morgan fingerprint density at radius 1 is 1.17 bits per heavy atom. The average Bonchev–Trinajstić information content (AvgIpc) is 3.10. The van der Waals surface area contributed by atoms with Gasteiger partial charge in [0, 0.05) is 36.7 Å². The summed E-state index contributed by atoms with van der Waals surface area (Å²) in [4.78, 5) is 11.0. The van der Waals surface area contributed by atoms with Gasteiger partial charge in [-0.3, -0.25) is 0 Å². The Labute approximate surface area is 137 Å². The molecule has 2 heterocycles. The molecular formula is C17H16F2N4O. The number of aryl methyl sites for hydroxylation is 1. The van der Waals surface area contributed by atoms with Crippen LogP contribution < -0.4 is 10.1 Å². The van der Waals surface area contributed by atoms with Crippen LogP contribution in [0.2, 0.25) is 0 Å². The number of hydrogen-bond donors (Lipinski definition) is 2. The van der Waals surface area contributed by atoms with Crippen molar-refractivity contribution in [2.24, 2.45) is 0 Å². The van der Waals surface area contributed by atoms with E-state index in [1.807, 2.05) is 6.07 Å². The molecule has 0 aliphatic heterocycles. The number of benzene rings is 1. The molecule has 0 saturated heterocycles. The number of aromatic amines is 1. The second-order valence-corrected chi connectivity index (χ2v) is 5.26. The van der Waals surface area contributed by atoms with Gasteiger partial charge in [-0.1, -0.05) is 12.1 Å². The van der Waals surface area contributed by atoms with Crippen molar-refractivity contribution in [3.8, 4) is 11.6 Å². The van der Waals surface area contributed by atoms with Gasteiger partial charge < -0.3 is 15.0 Å². The zero-order valence-corrected chi connectivity index (χ0v) is 13.0. The van der Waals surface area contributed by atoms with Crippen LogP contribution in [0.25, 0.3) is 0 Å². The second-order valence-electron chi connectivity index (χ2n) is 5.26. The molecule has 0 amide bonds. The lowest BCUT2D eigenvalue weighted by molar-refractivity contribution is 0.399. The molecule has 1 aromatic carbocycles. The minimum absolute atomic E-state index is 0.188. The van der Waals surface area contributed by atoms with Crippen LogP contribution in [-0.4, -0.2) is 15.0 Å². The number of hydrogen-bond acceptors (Lipinski definition) is 4. The first kappa shape index (κ1) is 16.1. The van der Waals surface area contributed by atoms with Gasteiger partial charge in [0.2, 0.25) is 11.7 Å². The summed E-state index contributed by atoms with van der Waals surface area (Å²) >= 11 is 0. The molecule has 0 atom stereocenters. The predicted octanol–water partition coefficient (Wildman–Crippen LogP) is 3.47. The molecule has 3 rings (SSSR count). The standard InChI is InChI=1S/C17H16F2N4O/c1-11-4-5-14(16(19)15(11)18)24-17-12(3-2-6-22-17)7-20-8-13-9-21-10-23-13/h2-6,9-10,20H,7-8H2,1H3,(H,21,23). The Morgan fingerprint density at radius 3 is 2.83 bits per heavy atom. The molecule has 24 heavy (non-hydrogen) atoms. The molecule has 7 heteroatoms. The van der Waals surface area contributed by atoms with Crippen molar-refractivity contribution >= 4 is 0 Å². The fraction of sp³-hybridized carbons (Fsp3) is 0.176. The third-order valence-electron chi connectivity index (χ3n) is 3.48. The van der Waals surface area contributed by atoms with Gasteiger partial charge in [-0.05, 0) is 24.6 Å². The van der Waals surface area contributed by atoms with E-state index in [0.717, 1.165) is 11.3 Å². The zero-order chi connectivity index (χ0) is 16.9. The minimum atomic E-state index is -1.02. The van der Waals surface area contributed by atoms with Crippen molar-refractivity contribution in [1.29, 1.82) is 0 Å². The maximum absolute atomic E-state index is 14.0. The number of imidazole rings is 1. The molecule has 0 unspecified atom stereocenters. The number of rotatable bonds is 6. The molecule has 2 aromatic heterocycles. The van der Waals surface area contributed by atoms with Crippen LogP contribution >= 0.6 is 0 Å². The van der Waals surface area contributed by atoms with Crippen LogP contribution in [0.4, 0.5) is 8.78 Å². The molecule has 5 nitrogen and oxygen atoms in total. The molecule has 0 spiro atoms. The summed E-state index contributed by atoms with van der Waals surface area (Å²) < 4.78 is 33.1. The largest absolute Gasteiger partial charge is 0.435 e. The lowest BCUT2D eigenvalue weighted by Gasteiger charge is -2.11. The van der Waals surface area contributed by atoms with Crippen molar-refractivity contribution in [3.63, 3.8) is 0 Å². The molecule has 124 valence electrons. The van der Waals surface area contributed by atoms with Crippen molar-refractivity contribution in [2.45, 2.75) is 20.0 Å². The SMILES string of the molecule is Cc1ccc(Oc2ncccc2CNCc2cnc[nH]2)c(F)c1F. The van der Waals surface area contributed by atoms with Crippen LogP contribution in [0.5, 0.6) is 11.6 Å². The van der Waals surface area contributed by atoms with Crippen molar-refractivity contribution in [2.75, 3.05) is 0 Å². The summed E-state index contributed by atoms with van der Waals surface area (Å²) in [6.07, 6.45) is 4.86. The average molecular weight is 330 g/mol. The number of aromatic nitrogens is 3. The number of H-pyrrole nitrogens is 1. The van der Waals surface area contributed by atoms with E-state index < -0.39 is 11.6 Å². The Hall–Kier alpha value is -2.80. The topological polar surface area (TPSA) is 62.8 Å². The smallest absolute Gasteiger partial charge is 0.223 e. The van der Waals surface area contributed by atoms with Crippen LogP contribution in [-0.2, 0) is 13.1 Å². The summed E-state index contributed by atoms with van der Waals surface area (Å²) in [6.45, 7) is 2.54. The van der Waals surface area contributed by atoms with E-state index in [1.54, 1.807) is 18.6 Å². The quantitative estimate of drug-likeness (QED) is 0.726. The predicted molar refractivity (Wildman–Crippen MR) is 84.5 cm³/mol. The molecule has 0 fully saturated rings. The Balaban J connectivity index is 1.73. The summed E-state index contributed by atoms with van der Waals surface area (Å²) in [6, 6.07) is 6.42. The highest BCUT2D eigenvalue weighted by molar-refractivity contribution is 5.35. The summed E-state index contributed by atoms with van der Waals surface area (Å²) in [5.74, 6) is -1.89. The van der Waals surface area contributed by atoms with Crippen molar-refractivity contribution in [1.82, 2.24) is 20.3 Å². The molecule has 0 bridgehead atoms. The van der Waals surface area contributed by atoms with Gasteiger partial charge in [0.05, 0.1) is 6.33 Å². The Morgan fingerprint density at radius 2 is 2.04 bits per heavy atom. The minimum Gasteiger partial charge on any atom is -0.435 e. The lowest BCUT2D eigenvalue weighted by atomic mass is 10.2. The molecule has 3 aromatic rings. The normalized spacial score (nSPS) is 10.8. The number of nitrogens with zero attached hydrogens (tertiary/aromatic N) is 2. The van der Waals surface area contributed by atoms with E-state index in [2.05, 4.69) is 20.3 Å². The molecular weight excluding hydrogens is 314 g/mol. The van der Waals surface area contributed by atoms with Crippen LogP contribution in [0.1, 0.15) is 16.8 Å². The summed E-state index contributed by atoms with van der Waals surface area (Å²) in [7, 11) is 0. The van der Waals surface area contributed by atoms with Crippen LogP contribution in [0, 0.1) is 18.6 Å². The van der Waals surface area contributed by atoms with E-state index in [9.17, 15) is 8.78 Å². The third-order valence-corrected chi connectivity index (χ3v) is 3.48. The number of halogens is 2. The van der Waals surface area contributed by atoms with Crippen molar-refractivity contribution < 1.29 is 13.5 Å². The molecule has 0 aliphatic rings. The van der Waals surface area contributed by atoms with Gasteiger partial charge in [0.15, 0.2) is 11.6 Å². The Bertz CT molecular complexity index is 821. The number of nitrogens with one attached hydrogen (secondary N) is 2. The zero-order valence-electron chi connectivity index (χ0n) is 13.0. The van der Waals surface area contributed by atoms with Gasteiger partial charge in [0.25, 0.3) is 0 Å². The van der Waals surface area contributed by atoms with Gasteiger partial charge in [-0.2, -0.15) is 4.39 Å². The molecule has 2 N–H and O–H groups in total. The first-order valence-electron chi connectivity index (χ1n) is 7.39. The van der Waals surface area contributed by atoms with E-state index >= 15 is 0 Å². The Kier molecular flexibility index (Phi) is 4.81. The van der Waals surface area contributed by atoms with E-state index in [0.29, 0.717) is 13.1 Å². The van der Waals surface area contributed by atoms with Gasteiger partial charge in [-0.25, -0.2) is 14.4 Å². The summed E-state index contributed by atoms with van der Waals surface area (Å²) in [5.41, 5.74) is 1.90. The van der Waals surface area contributed by atoms with Crippen molar-refractivity contribution in [3.05, 3.63) is 71.4 Å². The maximum Gasteiger partial charge on any atom is 0.223 e. The van der Waals surface area contributed by atoms with Crippen LogP contribution in [0.3, 0.4) is 0 Å². The highest BCUT2D eigenvalue weighted by Gasteiger charge is 2.15. The first-order valence-corrected chi connectivity index (χ1v) is 7.39. The van der Waals surface area contributed by atoms with Crippen LogP contribution in [0.15, 0.2) is 43.0 Å². The fourth-order valence-corrected chi connectivity index (χ4v) is 2.18. The van der Waals surface area contributed by atoms with Gasteiger partial charge >= 0.3 is 0 Å². The molecule has 0 radical (unpaired) electrons. The number of pyridine rings is 1. The van der Waals surface area contributed by atoms with E-state index in [1.165, 1.54) is 25.3 Å². The van der Waals surface area contributed by atoms with Gasteiger partial charge in [-0.15, -0.1) is 0 Å². The highest BCUT2D eigenvalue weighted by atomic mass is 19.2. The molecule has 0 saturated carbocycles. The van der Waals surface area contributed by atoms with E-state index in [-0.39, 0.29) is 17.2 Å². The first-order chi connectivity index (χ1) is 11.6. The maximum atomic E-state index is 14.0. The monoisotopic (exact) mass is 330 g/mol. The molecule has 0 aliphatic carbocycles. The lowest BCUT2D eigenvalue weighted by Crippen LogP contribution is -2.14. The second kappa shape index (κ2) is 7.18. The fourth-order valence-electron chi connectivity index (χ4n) is 2.18. The number of ether oxygens (including phenoxy) is 1.